The third kappa shape index (κ3) is 1.99. The molecule has 3 saturated heterocycles. The lowest BCUT2D eigenvalue weighted by molar-refractivity contribution is -0.341. The van der Waals surface area contributed by atoms with Gasteiger partial charge < -0.3 is 28.4 Å². The van der Waals surface area contributed by atoms with Gasteiger partial charge in [0.25, 0.3) is 0 Å². The highest BCUT2D eigenvalue weighted by Crippen LogP contribution is 2.71. The first kappa shape index (κ1) is 16.2. The Labute approximate surface area is 156 Å². The van der Waals surface area contributed by atoms with Crippen LogP contribution in [0.4, 0.5) is 0 Å². The number of ether oxygens (including phenoxy) is 6. The molecular formula is C20H22O7. The zero-order valence-electron chi connectivity index (χ0n) is 15.1. The number of esters is 1. The summed E-state index contributed by atoms with van der Waals surface area (Å²) in [5, 5.41) is 0. The molecule has 1 aromatic rings. The molecule has 1 saturated carbocycles. The summed E-state index contributed by atoms with van der Waals surface area (Å²) in [5.74, 6) is 1.14. The van der Waals surface area contributed by atoms with E-state index in [1.807, 2.05) is 18.2 Å². The normalized spacial score (nSPS) is 43.4. The van der Waals surface area contributed by atoms with Crippen LogP contribution in [-0.4, -0.2) is 37.0 Å². The standard InChI is InChI=1S/C20H22O7/c1-11(21)24-18-17-20-7-3-2-6-19(20,9-15(25-18)27-20)16(26-17)12-4-5-13-14(8-12)23-10-22-13/h4-5,8,15-18H,2-3,6-7,9-10H2,1H3/t15-,16-,17+,18-,19+,20-/m1/s1. The first-order valence-corrected chi connectivity index (χ1v) is 9.67. The van der Waals surface area contributed by atoms with Crippen LogP contribution in [0, 0.1) is 5.41 Å². The minimum atomic E-state index is -0.722. The molecule has 7 heteroatoms. The monoisotopic (exact) mass is 374 g/mol. The van der Waals surface area contributed by atoms with Gasteiger partial charge in [0.15, 0.2) is 23.9 Å². The summed E-state index contributed by atoms with van der Waals surface area (Å²) in [7, 11) is 0. The van der Waals surface area contributed by atoms with Crippen LogP contribution in [0.15, 0.2) is 18.2 Å². The second kappa shape index (κ2) is 5.37. The van der Waals surface area contributed by atoms with E-state index in [0.29, 0.717) is 0 Å². The summed E-state index contributed by atoms with van der Waals surface area (Å²) in [6.07, 6.45) is 3.22. The van der Waals surface area contributed by atoms with Gasteiger partial charge in [-0.05, 0) is 30.5 Å². The Hall–Kier alpha value is -1.83. The lowest BCUT2D eigenvalue weighted by atomic mass is 9.59. The lowest BCUT2D eigenvalue weighted by Gasteiger charge is -2.47. The average Bonchev–Trinajstić information content (AvgIpc) is 3.27. The summed E-state index contributed by atoms with van der Waals surface area (Å²) in [6, 6.07) is 6.00. The number of carbonyl (C=O) groups excluding carboxylic acids is 1. The zero-order chi connectivity index (χ0) is 18.2. The van der Waals surface area contributed by atoms with E-state index in [-0.39, 0.29) is 30.6 Å². The van der Waals surface area contributed by atoms with E-state index in [1.54, 1.807) is 0 Å². The van der Waals surface area contributed by atoms with Crippen molar-refractivity contribution in [3.8, 4) is 11.5 Å². The number of fused-ring (bicyclic) bond motifs is 2. The van der Waals surface area contributed by atoms with Gasteiger partial charge in [0.2, 0.25) is 13.1 Å². The highest BCUT2D eigenvalue weighted by Gasteiger charge is 2.77. The molecule has 2 bridgehead atoms. The Kier molecular flexibility index (Phi) is 3.21. The number of benzene rings is 1. The predicted octanol–water partition coefficient (Wildman–Crippen LogP) is 2.82. The van der Waals surface area contributed by atoms with Crippen molar-refractivity contribution in [3.63, 3.8) is 0 Å². The van der Waals surface area contributed by atoms with Crippen LogP contribution in [0.2, 0.25) is 0 Å². The van der Waals surface area contributed by atoms with Gasteiger partial charge >= 0.3 is 5.97 Å². The van der Waals surface area contributed by atoms with Gasteiger partial charge in [-0.1, -0.05) is 18.9 Å². The van der Waals surface area contributed by atoms with Crippen molar-refractivity contribution in [3.05, 3.63) is 23.8 Å². The number of carbonyl (C=O) groups is 1. The fraction of sp³-hybridized carbons (Fsp3) is 0.650. The van der Waals surface area contributed by atoms with Crippen molar-refractivity contribution in [2.75, 3.05) is 6.79 Å². The van der Waals surface area contributed by atoms with E-state index < -0.39 is 18.0 Å². The molecule has 1 aliphatic carbocycles. The molecule has 27 heavy (non-hydrogen) atoms. The second-order valence-electron chi connectivity index (χ2n) is 8.17. The maximum atomic E-state index is 11.6. The lowest BCUT2D eigenvalue weighted by Crippen LogP contribution is -2.58. The topological polar surface area (TPSA) is 72.5 Å². The highest BCUT2D eigenvalue weighted by atomic mass is 16.8. The fourth-order valence-electron chi connectivity index (χ4n) is 5.96. The molecular weight excluding hydrogens is 352 g/mol. The molecule has 6 atom stereocenters. The van der Waals surface area contributed by atoms with E-state index in [1.165, 1.54) is 6.92 Å². The van der Waals surface area contributed by atoms with Crippen LogP contribution in [0.25, 0.3) is 0 Å². The maximum absolute atomic E-state index is 11.6. The smallest absolute Gasteiger partial charge is 0.305 e. The number of hydrogen-bond donors (Lipinski definition) is 0. The van der Waals surface area contributed by atoms with Crippen LogP contribution in [0.1, 0.15) is 50.7 Å². The molecule has 0 radical (unpaired) electrons. The van der Waals surface area contributed by atoms with Gasteiger partial charge in [-0.15, -0.1) is 0 Å². The quantitative estimate of drug-likeness (QED) is 0.737. The first-order chi connectivity index (χ1) is 13.1. The zero-order valence-corrected chi connectivity index (χ0v) is 15.1. The Morgan fingerprint density at radius 3 is 2.89 bits per heavy atom. The summed E-state index contributed by atoms with van der Waals surface area (Å²) < 4.78 is 35.5. The van der Waals surface area contributed by atoms with Crippen LogP contribution < -0.4 is 9.47 Å². The third-order valence-corrected chi connectivity index (χ3v) is 6.90. The summed E-state index contributed by atoms with van der Waals surface area (Å²) in [5.41, 5.74) is 0.416. The van der Waals surface area contributed by atoms with Crippen molar-refractivity contribution < 1.29 is 33.2 Å². The van der Waals surface area contributed by atoms with Crippen molar-refractivity contribution in [2.24, 2.45) is 5.41 Å². The van der Waals surface area contributed by atoms with Crippen molar-refractivity contribution in [2.45, 2.75) is 69.4 Å². The summed E-state index contributed by atoms with van der Waals surface area (Å²) in [6.45, 7) is 1.65. The Morgan fingerprint density at radius 2 is 2.00 bits per heavy atom. The van der Waals surface area contributed by atoms with Crippen LogP contribution in [0.3, 0.4) is 0 Å². The van der Waals surface area contributed by atoms with Gasteiger partial charge in [-0.2, -0.15) is 0 Å². The molecule has 6 rings (SSSR count). The number of hydrogen-bond acceptors (Lipinski definition) is 7. The van der Waals surface area contributed by atoms with Crippen molar-refractivity contribution >= 4 is 5.97 Å². The fourth-order valence-corrected chi connectivity index (χ4v) is 5.96. The van der Waals surface area contributed by atoms with Gasteiger partial charge in [0.05, 0.1) is 6.10 Å². The van der Waals surface area contributed by atoms with Gasteiger partial charge in [-0.3, -0.25) is 4.79 Å². The molecule has 5 aliphatic rings. The van der Waals surface area contributed by atoms with E-state index in [0.717, 1.165) is 49.2 Å². The largest absolute Gasteiger partial charge is 0.454 e. The molecule has 4 fully saturated rings. The highest BCUT2D eigenvalue weighted by molar-refractivity contribution is 5.66. The molecule has 1 aromatic carbocycles. The van der Waals surface area contributed by atoms with Gasteiger partial charge in [0.1, 0.15) is 5.60 Å². The minimum Gasteiger partial charge on any atom is -0.454 e. The van der Waals surface area contributed by atoms with Gasteiger partial charge in [-0.25, -0.2) is 0 Å². The Bertz CT molecular complexity index is 810. The maximum Gasteiger partial charge on any atom is 0.305 e. The van der Waals surface area contributed by atoms with Crippen molar-refractivity contribution in [1.82, 2.24) is 0 Å². The van der Waals surface area contributed by atoms with Crippen LogP contribution in [0.5, 0.6) is 11.5 Å². The van der Waals surface area contributed by atoms with Crippen molar-refractivity contribution in [1.29, 1.82) is 0 Å². The molecule has 144 valence electrons. The predicted molar refractivity (Wildman–Crippen MR) is 89.9 cm³/mol. The third-order valence-electron chi connectivity index (χ3n) is 6.90. The molecule has 4 aliphatic heterocycles. The molecule has 0 aromatic heterocycles. The molecule has 1 spiro atoms. The van der Waals surface area contributed by atoms with Crippen LogP contribution in [-0.2, 0) is 23.7 Å². The second-order valence-corrected chi connectivity index (χ2v) is 8.17. The molecule has 7 nitrogen and oxygen atoms in total. The SMILES string of the molecule is CC(=O)O[C@@H]1O[C@H]2C[C@]34CCCC[C@@]3(O2)[C@H]1O[C@@H]4c1ccc2c(c1)OCO2. The van der Waals surface area contributed by atoms with E-state index in [4.69, 9.17) is 28.4 Å². The molecule has 4 heterocycles. The van der Waals surface area contributed by atoms with Crippen LogP contribution >= 0.6 is 0 Å². The summed E-state index contributed by atoms with van der Waals surface area (Å²) >= 11 is 0. The molecule has 0 N–H and O–H groups in total. The van der Waals surface area contributed by atoms with E-state index in [2.05, 4.69) is 0 Å². The Morgan fingerprint density at radius 1 is 1.15 bits per heavy atom. The average molecular weight is 374 g/mol. The van der Waals surface area contributed by atoms with E-state index in [9.17, 15) is 4.79 Å². The molecule has 0 unspecified atom stereocenters. The first-order valence-electron chi connectivity index (χ1n) is 9.67. The van der Waals surface area contributed by atoms with E-state index >= 15 is 0 Å². The Balaban J connectivity index is 1.45. The minimum absolute atomic E-state index is 0.149. The molecule has 0 amide bonds. The number of rotatable bonds is 2. The van der Waals surface area contributed by atoms with Gasteiger partial charge in [0, 0.05) is 18.8 Å². The summed E-state index contributed by atoms with van der Waals surface area (Å²) in [4.78, 5) is 11.6.